The van der Waals surface area contributed by atoms with Gasteiger partial charge in [0.1, 0.15) is 5.75 Å². The molecule has 1 saturated carbocycles. The Balaban J connectivity index is 1.61. The van der Waals surface area contributed by atoms with Crippen LogP contribution in [0.2, 0.25) is 0 Å². The topological polar surface area (TPSA) is 107 Å². The highest BCUT2D eigenvalue weighted by molar-refractivity contribution is 7.92. The van der Waals surface area contributed by atoms with Gasteiger partial charge in [-0.25, -0.2) is 16.8 Å². The zero-order valence-electron chi connectivity index (χ0n) is 13.7. The lowest BCUT2D eigenvalue weighted by molar-refractivity contribution is 0.312. The summed E-state index contributed by atoms with van der Waals surface area (Å²) in [5.74, 6) is 0.378. The number of aromatic nitrogens is 2. The van der Waals surface area contributed by atoms with Crippen molar-refractivity contribution in [3.05, 3.63) is 11.7 Å². The second-order valence-corrected chi connectivity index (χ2v) is 11.4. The van der Waals surface area contributed by atoms with Crippen molar-refractivity contribution >= 4 is 19.7 Å². The van der Waals surface area contributed by atoms with E-state index in [0.717, 1.165) is 25.7 Å². The molecule has 0 amide bonds. The van der Waals surface area contributed by atoms with Crippen LogP contribution in [-0.2, 0) is 25.4 Å². The minimum Gasteiger partial charge on any atom is -0.339 e. The molecule has 1 aromatic rings. The van der Waals surface area contributed by atoms with E-state index in [1.54, 1.807) is 0 Å². The van der Waals surface area contributed by atoms with E-state index in [0.29, 0.717) is 18.7 Å². The lowest BCUT2D eigenvalue weighted by Crippen LogP contribution is -2.30. The van der Waals surface area contributed by atoms with Crippen LogP contribution in [-0.4, -0.2) is 44.2 Å². The number of sulfone groups is 2. The highest BCUT2D eigenvalue weighted by atomic mass is 32.2. The lowest BCUT2D eigenvalue weighted by atomic mass is 9.89. The third kappa shape index (κ3) is 4.78. The number of rotatable bonds is 5. The van der Waals surface area contributed by atoms with Crippen LogP contribution >= 0.6 is 0 Å². The highest BCUT2D eigenvalue weighted by Gasteiger charge is 2.30. The van der Waals surface area contributed by atoms with Crippen molar-refractivity contribution in [1.29, 1.82) is 0 Å². The van der Waals surface area contributed by atoms with Gasteiger partial charge in [0, 0.05) is 5.92 Å². The van der Waals surface area contributed by atoms with Crippen LogP contribution in [0.15, 0.2) is 4.52 Å². The quantitative estimate of drug-likeness (QED) is 0.772. The van der Waals surface area contributed by atoms with Crippen LogP contribution in [0.4, 0.5) is 0 Å². The van der Waals surface area contributed by atoms with Crippen LogP contribution in [0.25, 0.3) is 0 Å². The summed E-state index contributed by atoms with van der Waals surface area (Å²) in [5.41, 5.74) is 0. The summed E-state index contributed by atoms with van der Waals surface area (Å²) in [6, 6.07) is 0. The fourth-order valence-electron chi connectivity index (χ4n) is 3.71. The van der Waals surface area contributed by atoms with Gasteiger partial charge < -0.3 is 4.52 Å². The molecule has 136 valence electrons. The summed E-state index contributed by atoms with van der Waals surface area (Å²) in [5, 5.41) is 3.81. The molecule has 0 aromatic carbocycles. The largest absolute Gasteiger partial charge is 0.339 e. The van der Waals surface area contributed by atoms with Gasteiger partial charge in [0.2, 0.25) is 5.89 Å². The highest BCUT2D eigenvalue weighted by Crippen LogP contribution is 2.31. The molecule has 7 nitrogen and oxygen atoms in total. The fourth-order valence-corrected chi connectivity index (χ4v) is 7.26. The molecule has 1 aliphatic carbocycles. The second kappa shape index (κ2) is 7.11. The minimum atomic E-state index is -3.45. The van der Waals surface area contributed by atoms with Gasteiger partial charge in [-0.1, -0.05) is 24.4 Å². The Morgan fingerprint density at radius 3 is 2.54 bits per heavy atom. The Bertz CT molecular complexity index is 764. The molecule has 0 spiro atoms. The van der Waals surface area contributed by atoms with Crippen LogP contribution in [0.5, 0.6) is 0 Å². The van der Waals surface area contributed by atoms with Crippen molar-refractivity contribution < 1.29 is 21.4 Å². The minimum absolute atomic E-state index is 0.0359. The molecule has 1 aromatic heterocycles. The number of hydrogen-bond donors (Lipinski definition) is 0. The van der Waals surface area contributed by atoms with E-state index >= 15 is 0 Å². The SMILES string of the molecule is O=S1(=O)CCC[C@H](CS(=O)(=O)Cc2noc(C3CCCCC3)n2)C1. The summed E-state index contributed by atoms with van der Waals surface area (Å²) < 4.78 is 53.2. The van der Waals surface area contributed by atoms with Crippen LogP contribution in [0, 0.1) is 5.92 Å². The zero-order chi connectivity index (χ0) is 17.2. The Hall–Kier alpha value is -0.960. The summed E-state index contributed by atoms with van der Waals surface area (Å²) in [7, 11) is -6.55. The van der Waals surface area contributed by atoms with Crippen molar-refractivity contribution in [1.82, 2.24) is 10.1 Å². The first kappa shape index (κ1) is 17.8. The van der Waals surface area contributed by atoms with E-state index in [4.69, 9.17) is 4.52 Å². The summed E-state index contributed by atoms with van der Waals surface area (Å²) >= 11 is 0. The van der Waals surface area contributed by atoms with Gasteiger partial charge in [-0.2, -0.15) is 4.98 Å². The molecular weight excluding hydrogens is 352 g/mol. The molecule has 3 rings (SSSR count). The molecular formula is C15H24N2O5S2. The average Bonchev–Trinajstić information content (AvgIpc) is 2.94. The first-order valence-electron chi connectivity index (χ1n) is 8.56. The summed E-state index contributed by atoms with van der Waals surface area (Å²) in [4.78, 5) is 4.27. The molecule has 2 heterocycles. The predicted octanol–water partition coefficient (Wildman–Crippen LogP) is 1.86. The third-order valence-corrected chi connectivity index (χ3v) is 8.40. The van der Waals surface area contributed by atoms with Crippen molar-refractivity contribution in [2.75, 3.05) is 17.3 Å². The van der Waals surface area contributed by atoms with E-state index in [-0.39, 0.29) is 40.7 Å². The fraction of sp³-hybridized carbons (Fsp3) is 0.867. The van der Waals surface area contributed by atoms with Crippen molar-refractivity contribution in [2.24, 2.45) is 5.92 Å². The van der Waals surface area contributed by atoms with E-state index < -0.39 is 19.7 Å². The van der Waals surface area contributed by atoms with Gasteiger partial charge in [-0.05, 0) is 31.6 Å². The second-order valence-electron chi connectivity index (χ2n) is 7.06. The lowest BCUT2D eigenvalue weighted by Gasteiger charge is -2.21. The van der Waals surface area contributed by atoms with Crippen LogP contribution < -0.4 is 0 Å². The molecule has 0 radical (unpaired) electrons. The average molecular weight is 377 g/mol. The molecule has 1 atom stereocenters. The Morgan fingerprint density at radius 1 is 1.08 bits per heavy atom. The maximum atomic E-state index is 12.3. The van der Waals surface area contributed by atoms with Gasteiger partial charge in [0.25, 0.3) is 0 Å². The van der Waals surface area contributed by atoms with Crippen molar-refractivity contribution in [3.8, 4) is 0 Å². The standard InChI is InChI=1S/C15H24N2O5S2/c18-23(19)8-4-5-12(9-23)10-24(20,21)11-14-16-15(22-17-14)13-6-2-1-3-7-13/h12-13H,1-11H2/t12-/m0/s1. The molecule has 1 saturated heterocycles. The maximum Gasteiger partial charge on any atom is 0.229 e. The molecule has 2 aliphatic rings. The van der Waals surface area contributed by atoms with Crippen molar-refractivity contribution in [2.45, 2.75) is 56.6 Å². The normalized spacial score (nSPS) is 25.6. The monoisotopic (exact) mass is 376 g/mol. The van der Waals surface area contributed by atoms with Crippen LogP contribution in [0.3, 0.4) is 0 Å². The predicted molar refractivity (Wildman–Crippen MR) is 89.0 cm³/mol. The molecule has 24 heavy (non-hydrogen) atoms. The van der Waals surface area contributed by atoms with Gasteiger partial charge in [0.15, 0.2) is 25.5 Å². The summed E-state index contributed by atoms with van der Waals surface area (Å²) in [6.45, 7) is 0. The van der Waals surface area contributed by atoms with Gasteiger partial charge >= 0.3 is 0 Å². The molecule has 9 heteroatoms. The molecule has 0 bridgehead atoms. The molecule has 0 N–H and O–H groups in total. The Morgan fingerprint density at radius 2 is 1.83 bits per heavy atom. The maximum absolute atomic E-state index is 12.3. The molecule has 1 aliphatic heterocycles. The van der Waals surface area contributed by atoms with Gasteiger partial charge in [-0.15, -0.1) is 0 Å². The van der Waals surface area contributed by atoms with E-state index in [2.05, 4.69) is 10.1 Å². The molecule has 0 unspecified atom stereocenters. The first-order chi connectivity index (χ1) is 11.3. The zero-order valence-corrected chi connectivity index (χ0v) is 15.3. The van der Waals surface area contributed by atoms with Crippen molar-refractivity contribution in [3.63, 3.8) is 0 Å². The van der Waals surface area contributed by atoms with Gasteiger partial charge in [0.05, 0.1) is 17.3 Å². The smallest absolute Gasteiger partial charge is 0.229 e. The third-order valence-electron chi connectivity index (χ3n) is 4.83. The van der Waals surface area contributed by atoms with Gasteiger partial charge in [-0.3, -0.25) is 0 Å². The number of hydrogen-bond acceptors (Lipinski definition) is 7. The Kier molecular flexibility index (Phi) is 5.29. The van der Waals surface area contributed by atoms with E-state index in [1.165, 1.54) is 6.42 Å². The summed E-state index contributed by atoms with van der Waals surface area (Å²) in [6.07, 6.45) is 6.68. The van der Waals surface area contributed by atoms with Crippen LogP contribution in [0.1, 0.15) is 62.6 Å². The van der Waals surface area contributed by atoms with E-state index in [1.807, 2.05) is 0 Å². The molecule has 2 fully saturated rings. The van der Waals surface area contributed by atoms with E-state index in [9.17, 15) is 16.8 Å². The number of nitrogens with zero attached hydrogens (tertiary/aromatic N) is 2. The Labute approximate surface area is 143 Å². The first-order valence-corrected chi connectivity index (χ1v) is 12.2.